The number of amides is 1. The first kappa shape index (κ1) is 16.2. The molecule has 0 saturated carbocycles. The maximum absolute atomic E-state index is 11.6. The number of carboxylic acid groups (broad SMARTS) is 1. The number of rotatable bonds is 9. The summed E-state index contributed by atoms with van der Waals surface area (Å²) in [4.78, 5) is 22.5. The summed E-state index contributed by atoms with van der Waals surface area (Å²) in [5.41, 5.74) is 0. The van der Waals surface area contributed by atoms with E-state index < -0.39 is 12.0 Å². The normalized spacial score (nSPS) is 14.1. The van der Waals surface area contributed by atoms with Crippen molar-refractivity contribution in [1.82, 2.24) is 5.32 Å². The number of hydrogen-bond acceptors (Lipinski definition) is 4. The standard InChI is InChI=1S/C11H21NO4S/c1-8(7-16-2)6-10(13)12-9(11(14)15)4-5-17-3/h8-9H,4-7H2,1-3H3,(H,12,13)(H,14,15)/t8?,9-/m0/s1. The number of carboxylic acids is 1. The van der Waals surface area contributed by atoms with Crippen molar-refractivity contribution in [3.63, 3.8) is 0 Å². The van der Waals surface area contributed by atoms with Gasteiger partial charge in [-0.25, -0.2) is 4.79 Å². The van der Waals surface area contributed by atoms with Crippen LogP contribution in [-0.2, 0) is 14.3 Å². The molecule has 0 aliphatic heterocycles. The molecule has 0 bridgehead atoms. The molecule has 0 aromatic heterocycles. The molecule has 2 atom stereocenters. The van der Waals surface area contributed by atoms with Gasteiger partial charge in [-0.05, 0) is 24.3 Å². The molecular weight excluding hydrogens is 242 g/mol. The summed E-state index contributed by atoms with van der Waals surface area (Å²) < 4.78 is 4.92. The van der Waals surface area contributed by atoms with Crippen LogP contribution in [0.25, 0.3) is 0 Å². The Morgan fingerprint density at radius 3 is 2.59 bits per heavy atom. The Morgan fingerprint density at radius 1 is 1.47 bits per heavy atom. The highest BCUT2D eigenvalue weighted by Gasteiger charge is 2.20. The van der Waals surface area contributed by atoms with Gasteiger partial charge in [0.05, 0.1) is 0 Å². The lowest BCUT2D eigenvalue weighted by atomic mass is 10.1. The van der Waals surface area contributed by atoms with Crippen molar-refractivity contribution < 1.29 is 19.4 Å². The molecule has 0 spiro atoms. The molecule has 17 heavy (non-hydrogen) atoms. The number of carbonyl (C=O) groups is 2. The van der Waals surface area contributed by atoms with Gasteiger partial charge in [0.25, 0.3) is 0 Å². The molecule has 1 amide bonds. The van der Waals surface area contributed by atoms with Crippen LogP contribution in [0, 0.1) is 5.92 Å². The Morgan fingerprint density at radius 2 is 2.12 bits per heavy atom. The minimum Gasteiger partial charge on any atom is -0.480 e. The molecule has 0 radical (unpaired) electrons. The number of carbonyl (C=O) groups excluding carboxylic acids is 1. The van der Waals surface area contributed by atoms with Crippen LogP contribution in [0.5, 0.6) is 0 Å². The molecule has 0 aliphatic rings. The highest BCUT2D eigenvalue weighted by atomic mass is 32.2. The average Bonchev–Trinajstić information content (AvgIpc) is 2.23. The van der Waals surface area contributed by atoms with Crippen LogP contribution in [0.1, 0.15) is 19.8 Å². The number of nitrogens with one attached hydrogen (secondary N) is 1. The third-order valence-corrected chi connectivity index (χ3v) is 2.87. The predicted molar refractivity (Wildman–Crippen MR) is 68.2 cm³/mol. The van der Waals surface area contributed by atoms with Gasteiger partial charge in [0, 0.05) is 20.1 Å². The molecule has 0 aliphatic carbocycles. The van der Waals surface area contributed by atoms with Crippen molar-refractivity contribution in [3.05, 3.63) is 0 Å². The zero-order chi connectivity index (χ0) is 13.3. The van der Waals surface area contributed by atoms with Crippen molar-refractivity contribution >= 4 is 23.6 Å². The lowest BCUT2D eigenvalue weighted by Gasteiger charge is -2.15. The first-order valence-electron chi connectivity index (χ1n) is 5.51. The molecule has 0 aromatic carbocycles. The largest absolute Gasteiger partial charge is 0.480 e. The van der Waals surface area contributed by atoms with E-state index in [-0.39, 0.29) is 18.2 Å². The highest BCUT2D eigenvalue weighted by molar-refractivity contribution is 7.98. The second-order valence-electron chi connectivity index (χ2n) is 4.00. The number of aliphatic carboxylic acids is 1. The van der Waals surface area contributed by atoms with Crippen LogP contribution in [0.3, 0.4) is 0 Å². The van der Waals surface area contributed by atoms with E-state index in [1.165, 1.54) is 0 Å². The fourth-order valence-corrected chi connectivity index (χ4v) is 1.88. The fourth-order valence-electron chi connectivity index (χ4n) is 1.41. The Labute approximate surface area is 106 Å². The number of hydrogen-bond donors (Lipinski definition) is 2. The van der Waals surface area contributed by atoms with Crippen LogP contribution >= 0.6 is 11.8 Å². The summed E-state index contributed by atoms with van der Waals surface area (Å²) in [6, 6.07) is -0.787. The van der Waals surface area contributed by atoms with Gasteiger partial charge >= 0.3 is 5.97 Å². The fraction of sp³-hybridized carbons (Fsp3) is 0.818. The zero-order valence-corrected chi connectivity index (χ0v) is 11.4. The summed E-state index contributed by atoms with van der Waals surface area (Å²) >= 11 is 1.56. The smallest absolute Gasteiger partial charge is 0.326 e. The van der Waals surface area contributed by atoms with Gasteiger partial charge in [-0.15, -0.1) is 0 Å². The molecule has 5 nitrogen and oxygen atoms in total. The summed E-state index contributed by atoms with van der Waals surface area (Å²) in [6.45, 7) is 2.39. The minimum atomic E-state index is -0.980. The molecule has 100 valence electrons. The van der Waals surface area contributed by atoms with Gasteiger partial charge in [-0.1, -0.05) is 6.92 Å². The number of ether oxygens (including phenoxy) is 1. The molecule has 6 heteroatoms. The van der Waals surface area contributed by atoms with E-state index in [1.807, 2.05) is 13.2 Å². The van der Waals surface area contributed by atoms with Crippen molar-refractivity contribution in [1.29, 1.82) is 0 Å². The van der Waals surface area contributed by atoms with Crippen molar-refractivity contribution in [2.24, 2.45) is 5.92 Å². The van der Waals surface area contributed by atoms with Crippen LogP contribution in [0.15, 0.2) is 0 Å². The Bertz CT molecular complexity index is 248. The first-order chi connectivity index (χ1) is 8.01. The van der Waals surface area contributed by atoms with Gasteiger partial charge in [-0.3, -0.25) is 4.79 Å². The molecule has 0 aromatic rings. The van der Waals surface area contributed by atoms with E-state index in [0.29, 0.717) is 18.8 Å². The van der Waals surface area contributed by atoms with Crippen molar-refractivity contribution in [2.45, 2.75) is 25.8 Å². The maximum atomic E-state index is 11.6. The lowest BCUT2D eigenvalue weighted by molar-refractivity contribution is -0.142. The summed E-state index contributed by atoms with van der Waals surface area (Å²) in [5, 5.41) is 11.5. The van der Waals surface area contributed by atoms with Crippen LogP contribution in [0.2, 0.25) is 0 Å². The number of methoxy groups -OCH3 is 1. The maximum Gasteiger partial charge on any atom is 0.326 e. The van der Waals surface area contributed by atoms with E-state index in [2.05, 4.69) is 5.32 Å². The van der Waals surface area contributed by atoms with Crippen molar-refractivity contribution in [2.75, 3.05) is 25.7 Å². The zero-order valence-electron chi connectivity index (χ0n) is 10.6. The van der Waals surface area contributed by atoms with Gasteiger partial charge < -0.3 is 15.2 Å². The van der Waals surface area contributed by atoms with Gasteiger partial charge in [0.15, 0.2) is 0 Å². The predicted octanol–water partition coefficient (Wildman–Crippen LogP) is 0.981. The molecule has 0 fully saturated rings. The summed E-state index contributed by atoms with van der Waals surface area (Å²) in [6.07, 6.45) is 2.64. The summed E-state index contributed by atoms with van der Waals surface area (Å²) in [5.74, 6) is -0.407. The third kappa shape index (κ3) is 8.04. The van der Waals surface area contributed by atoms with Gasteiger partial charge in [0.1, 0.15) is 6.04 Å². The Hall–Kier alpha value is -0.750. The SMILES string of the molecule is COCC(C)CC(=O)N[C@@H](CCSC)C(=O)O. The Kier molecular flexibility index (Phi) is 8.89. The topological polar surface area (TPSA) is 75.6 Å². The Balaban J connectivity index is 4.07. The van der Waals surface area contributed by atoms with Crippen molar-refractivity contribution in [3.8, 4) is 0 Å². The molecule has 2 N–H and O–H groups in total. The van der Waals surface area contributed by atoms with Crippen LogP contribution in [0.4, 0.5) is 0 Å². The molecule has 1 unspecified atom stereocenters. The molecular formula is C11H21NO4S. The lowest BCUT2D eigenvalue weighted by Crippen LogP contribution is -2.41. The van der Waals surface area contributed by atoms with Crippen LogP contribution < -0.4 is 5.32 Å². The summed E-state index contributed by atoms with van der Waals surface area (Å²) in [7, 11) is 1.58. The third-order valence-electron chi connectivity index (χ3n) is 2.23. The van der Waals surface area contributed by atoms with E-state index in [9.17, 15) is 9.59 Å². The second-order valence-corrected chi connectivity index (χ2v) is 4.99. The van der Waals surface area contributed by atoms with Crippen LogP contribution in [-0.4, -0.2) is 48.8 Å². The quantitative estimate of drug-likeness (QED) is 0.648. The molecule has 0 saturated heterocycles. The van der Waals surface area contributed by atoms with Gasteiger partial charge in [0.2, 0.25) is 5.91 Å². The van der Waals surface area contributed by atoms with E-state index >= 15 is 0 Å². The molecule has 0 rings (SSSR count). The second kappa shape index (κ2) is 9.30. The van der Waals surface area contributed by atoms with E-state index in [4.69, 9.17) is 9.84 Å². The molecule has 0 heterocycles. The highest BCUT2D eigenvalue weighted by Crippen LogP contribution is 2.05. The monoisotopic (exact) mass is 263 g/mol. The van der Waals surface area contributed by atoms with E-state index in [1.54, 1.807) is 18.9 Å². The minimum absolute atomic E-state index is 0.0926. The van der Waals surface area contributed by atoms with E-state index in [0.717, 1.165) is 0 Å². The average molecular weight is 263 g/mol. The first-order valence-corrected chi connectivity index (χ1v) is 6.90. The number of thioether (sulfide) groups is 1. The van der Waals surface area contributed by atoms with Gasteiger partial charge in [-0.2, -0.15) is 11.8 Å².